The Hall–Kier alpha value is -2.90. The van der Waals surface area contributed by atoms with Crippen molar-refractivity contribution in [3.05, 3.63) is 172 Å². The van der Waals surface area contributed by atoms with E-state index in [2.05, 4.69) is 145 Å². The Labute approximate surface area is 346 Å². The smallest absolute Gasteiger partial charge is 0.109 e. The second-order valence-corrected chi connectivity index (χ2v) is 17.1. The van der Waals surface area contributed by atoms with Gasteiger partial charge in [-0.05, 0) is 10.8 Å². The summed E-state index contributed by atoms with van der Waals surface area (Å²) in [6.07, 6.45) is 10.0. The van der Waals surface area contributed by atoms with Crippen molar-refractivity contribution in [2.45, 2.75) is 58.8 Å². The van der Waals surface area contributed by atoms with E-state index in [9.17, 15) is 0 Å². The molecule has 7 aromatic rings. The van der Waals surface area contributed by atoms with Crippen LogP contribution in [-0.2, 0) is 35.1 Å². The van der Waals surface area contributed by atoms with Crippen LogP contribution in [0.3, 0.4) is 0 Å². The average molecular weight is 840 g/mol. The monoisotopic (exact) mass is 836 g/mol. The van der Waals surface area contributed by atoms with Crippen LogP contribution in [0.5, 0.6) is 0 Å². The van der Waals surface area contributed by atoms with Crippen LogP contribution < -0.4 is 24.8 Å². The van der Waals surface area contributed by atoms with Crippen molar-refractivity contribution >= 4 is 69.5 Å². The number of benzene rings is 6. The molecule has 52 heavy (non-hydrogen) atoms. The first-order valence-corrected chi connectivity index (χ1v) is 19.1. The first-order valence-electron chi connectivity index (χ1n) is 17.1. The zero-order chi connectivity index (χ0) is 35.6. The summed E-state index contributed by atoms with van der Waals surface area (Å²) in [5.74, 6) is 0. The van der Waals surface area contributed by atoms with Crippen molar-refractivity contribution in [3.8, 4) is 0 Å². The van der Waals surface area contributed by atoms with E-state index in [1.165, 1.54) is 82.0 Å². The fraction of sp³-hybridized carbons (Fsp3) is 0.191. The topological polar surface area (TPSA) is 0 Å². The molecule has 0 fully saturated rings. The molecule has 0 aliphatic heterocycles. The van der Waals surface area contributed by atoms with Gasteiger partial charge in [0, 0.05) is 0 Å². The maximum absolute atomic E-state index is 6.38. The third kappa shape index (κ3) is 9.60. The fourth-order valence-corrected chi connectivity index (χ4v) is 7.85. The van der Waals surface area contributed by atoms with E-state index in [0.29, 0.717) is 0 Å². The molecule has 0 heterocycles. The van der Waals surface area contributed by atoms with Crippen LogP contribution in [0.2, 0.25) is 10.0 Å². The van der Waals surface area contributed by atoms with Crippen molar-refractivity contribution in [2.75, 3.05) is 0 Å². The predicted octanol–water partition coefficient (Wildman–Crippen LogP) is 8.04. The summed E-state index contributed by atoms with van der Waals surface area (Å²) in [6.45, 7) is 13.7. The molecule has 0 atom stereocenters. The van der Waals surface area contributed by atoms with Crippen LogP contribution in [0, 0.1) is 6.08 Å². The van der Waals surface area contributed by atoms with Gasteiger partial charge in [0.25, 0.3) is 0 Å². The maximum atomic E-state index is 6.38. The van der Waals surface area contributed by atoms with Gasteiger partial charge in [0.05, 0.1) is 0 Å². The third-order valence-electron chi connectivity index (χ3n) is 9.22. The number of hydrogen-bond acceptors (Lipinski definition) is 0. The quantitative estimate of drug-likeness (QED) is 0.155. The molecule has 0 unspecified atom stereocenters. The first kappa shape index (κ1) is 41.9. The van der Waals surface area contributed by atoms with Gasteiger partial charge in [-0.25, -0.2) is 12.2 Å². The van der Waals surface area contributed by atoms with Gasteiger partial charge in [-0.3, -0.25) is 6.08 Å². The number of fused-ring (bicyclic) bond motifs is 5. The first-order chi connectivity index (χ1) is 23.8. The minimum Gasteiger partial charge on any atom is -1.00 e. The average Bonchev–Trinajstić information content (AvgIpc) is 3.78. The Kier molecular flexibility index (Phi) is 14.1. The molecule has 0 N–H and O–H groups in total. The van der Waals surface area contributed by atoms with Crippen molar-refractivity contribution < 1.29 is 49.0 Å². The molecule has 5 heteroatoms. The maximum Gasteiger partial charge on any atom is -0.109 e. The van der Waals surface area contributed by atoms with Crippen LogP contribution in [0.4, 0.5) is 0 Å². The third-order valence-corrected chi connectivity index (χ3v) is 11.0. The summed E-state index contributed by atoms with van der Waals surface area (Å²) >= 11 is 14.1. The standard InChI is InChI=1S/C21H12Cl2.C21H25.C5H5.2ClH.Zr/c22-18-10-14-5-1-3-7-20(14)16(12-18)9-17-13-19(23)11-15-6-2-4-8-21(15)17;1-20(2,3)16-9-7-14-11-15-8-10-17(21(4,5)6)13-19(15)18(14)12-16;1-2-4-5-3-1;;;/h1-8,10-13H;7-13H,1-6H3;1-3H,4H2;2*1H;/q;2*-1;;;+2/p-2. The fourth-order valence-electron chi connectivity index (χ4n) is 6.38. The largest absolute Gasteiger partial charge is 1.00 e. The molecule has 0 spiro atoms. The Morgan fingerprint density at radius 2 is 1.04 bits per heavy atom. The zero-order valence-corrected chi connectivity index (χ0v) is 35.9. The minimum absolute atomic E-state index is 0. The second kappa shape index (κ2) is 17.5. The van der Waals surface area contributed by atoms with E-state index in [1.54, 1.807) is 0 Å². The zero-order valence-electron chi connectivity index (χ0n) is 30.4. The van der Waals surface area contributed by atoms with E-state index in [-0.39, 0.29) is 35.6 Å². The van der Waals surface area contributed by atoms with E-state index >= 15 is 0 Å². The van der Waals surface area contributed by atoms with Gasteiger partial charge in [0.2, 0.25) is 0 Å². The predicted molar refractivity (Wildman–Crippen MR) is 217 cm³/mol. The summed E-state index contributed by atoms with van der Waals surface area (Å²) < 4.78 is 1.26. The molecule has 0 saturated heterocycles. The molecule has 0 nitrogen and oxygen atoms in total. The van der Waals surface area contributed by atoms with Gasteiger partial charge in [-0.1, -0.05) is 76.9 Å². The molecule has 0 radical (unpaired) electrons. The summed E-state index contributed by atoms with van der Waals surface area (Å²) in [7, 11) is 0. The summed E-state index contributed by atoms with van der Waals surface area (Å²) in [5.41, 5.74) is 5.57. The van der Waals surface area contributed by atoms with E-state index in [4.69, 9.17) is 23.2 Å². The minimum atomic E-state index is 0. The molecule has 7 aromatic carbocycles. The molecular weight excluding hydrogens is 798 g/mol. The van der Waals surface area contributed by atoms with Crippen LogP contribution in [0.1, 0.15) is 70.2 Å². The van der Waals surface area contributed by atoms with Crippen molar-refractivity contribution in [3.63, 3.8) is 0 Å². The number of rotatable bonds is 2. The molecule has 0 bridgehead atoms. The van der Waals surface area contributed by atoms with Gasteiger partial charge < -0.3 is 24.8 Å². The molecule has 1 aliphatic rings. The summed E-state index contributed by atoms with van der Waals surface area (Å²) in [5, 5.41) is 11.8. The van der Waals surface area contributed by atoms with Crippen molar-refractivity contribution in [2.24, 2.45) is 0 Å². The number of halogens is 4. The molecule has 8 rings (SSSR count). The SMILES string of the molecule is CC(C)(C)c1ccc2[cH-]c3ccc(C(C)(C)C)cc3c2c1.Clc1cc([C](=[Zr+2])c2cc(Cl)cc3ccccc23)c2ccccc2c1.[C-]1=CC=CC1.[Cl-].[Cl-]. The molecule has 264 valence electrons. The van der Waals surface area contributed by atoms with Crippen LogP contribution >= 0.6 is 23.2 Å². The van der Waals surface area contributed by atoms with Crippen LogP contribution in [0.25, 0.3) is 43.1 Å². The second-order valence-electron chi connectivity index (χ2n) is 15.0. The number of hydrogen-bond donors (Lipinski definition) is 0. The molecular formula is C47H42Cl4Zr-2. The summed E-state index contributed by atoms with van der Waals surface area (Å²) in [6, 6.07) is 41.0. The van der Waals surface area contributed by atoms with Gasteiger partial charge in [0.1, 0.15) is 0 Å². The normalized spacial score (nSPS) is 12.2. The Bertz CT molecular complexity index is 2250. The van der Waals surface area contributed by atoms with Gasteiger partial charge in [-0.15, -0.1) is 46.2 Å². The van der Waals surface area contributed by atoms with Gasteiger partial charge in [-0.2, -0.15) is 6.08 Å². The Morgan fingerprint density at radius 3 is 1.40 bits per heavy atom. The van der Waals surface area contributed by atoms with E-state index in [1.807, 2.05) is 36.4 Å². The molecule has 0 amide bonds. The van der Waals surface area contributed by atoms with Gasteiger partial charge in [0.15, 0.2) is 0 Å². The number of allylic oxidation sites excluding steroid dienone is 4. The van der Waals surface area contributed by atoms with E-state index in [0.717, 1.165) is 27.2 Å². The summed E-state index contributed by atoms with van der Waals surface area (Å²) in [4.78, 5) is 0. The van der Waals surface area contributed by atoms with Crippen LogP contribution in [0.15, 0.2) is 133 Å². The van der Waals surface area contributed by atoms with Gasteiger partial charge >= 0.3 is 166 Å². The van der Waals surface area contributed by atoms with Crippen molar-refractivity contribution in [1.29, 1.82) is 0 Å². The molecule has 0 aromatic heterocycles. The Morgan fingerprint density at radius 1 is 0.596 bits per heavy atom. The van der Waals surface area contributed by atoms with Crippen molar-refractivity contribution in [1.82, 2.24) is 0 Å². The molecule has 1 aliphatic carbocycles. The van der Waals surface area contributed by atoms with Crippen LogP contribution in [-0.4, -0.2) is 3.21 Å². The van der Waals surface area contributed by atoms with E-state index < -0.39 is 0 Å². The Balaban J connectivity index is 0.000000199. The molecule has 0 saturated carbocycles.